The van der Waals surface area contributed by atoms with Crippen LogP contribution in [-0.2, 0) is 13.0 Å². The molecule has 0 spiro atoms. The van der Waals surface area contributed by atoms with Crippen LogP contribution in [0.2, 0.25) is 0 Å². The van der Waals surface area contributed by atoms with Crippen molar-refractivity contribution < 1.29 is 0 Å². The van der Waals surface area contributed by atoms with E-state index in [-0.39, 0.29) is 5.56 Å². The average molecular weight is 341 g/mol. The molecule has 0 aliphatic rings. The molecule has 0 aromatic carbocycles. The standard InChI is InChI=1S/C12H17BrN6O/c1-2-6-19-12(20)11(13)9(7-17-19)14-5-3-4-10-15-8-16-18-10/h7-8,14H,2-6H2,1H3,(H,15,16,18). The van der Waals surface area contributed by atoms with Gasteiger partial charge in [0.15, 0.2) is 0 Å². The first-order valence-corrected chi connectivity index (χ1v) is 7.35. The van der Waals surface area contributed by atoms with Gasteiger partial charge in [-0.25, -0.2) is 9.67 Å². The number of nitrogens with zero attached hydrogens (tertiary/aromatic N) is 4. The second-order valence-corrected chi connectivity index (χ2v) is 5.16. The summed E-state index contributed by atoms with van der Waals surface area (Å²) in [7, 11) is 0. The molecule has 7 nitrogen and oxygen atoms in total. The molecule has 108 valence electrons. The lowest BCUT2D eigenvalue weighted by Gasteiger charge is -2.09. The molecule has 2 aromatic rings. The minimum absolute atomic E-state index is 0.105. The highest BCUT2D eigenvalue weighted by atomic mass is 79.9. The summed E-state index contributed by atoms with van der Waals surface area (Å²) >= 11 is 3.33. The van der Waals surface area contributed by atoms with Crippen LogP contribution in [-0.4, -0.2) is 31.5 Å². The maximum Gasteiger partial charge on any atom is 0.283 e. The Morgan fingerprint density at radius 3 is 3.05 bits per heavy atom. The summed E-state index contributed by atoms with van der Waals surface area (Å²) < 4.78 is 1.99. The number of hydrogen-bond donors (Lipinski definition) is 2. The van der Waals surface area contributed by atoms with Gasteiger partial charge in [0.05, 0.1) is 11.9 Å². The Morgan fingerprint density at radius 2 is 2.35 bits per heavy atom. The summed E-state index contributed by atoms with van der Waals surface area (Å²) in [6.45, 7) is 3.37. The first-order valence-electron chi connectivity index (χ1n) is 6.56. The van der Waals surface area contributed by atoms with E-state index in [1.165, 1.54) is 11.0 Å². The molecule has 0 aliphatic heterocycles. The number of hydrogen-bond acceptors (Lipinski definition) is 5. The topological polar surface area (TPSA) is 88.5 Å². The summed E-state index contributed by atoms with van der Waals surface area (Å²) in [5.74, 6) is 0.863. The van der Waals surface area contributed by atoms with Gasteiger partial charge in [-0.15, -0.1) is 0 Å². The fourth-order valence-electron chi connectivity index (χ4n) is 1.79. The summed E-state index contributed by atoms with van der Waals surface area (Å²) in [5.41, 5.74) is 0.618. The first kappa shape index (κ1) is 14.7. The summed E-state index contributed by atoms with van der Waals surface area (Å²) in [4.78, 5) is 16.0. The molecule has 2 N–H and O–H groups in total. The van der Waals surface area contributed by atoms with Crippen LogP contribution in [0.5, 0.6) is 0 Å². The average Bonchev–Trinajstić information content (AvgIpc) is 2.95. The molecule has 0 radical (unpaired) electrons. The fourth-order valence-corrected chi connectivity index (χ4v) is 2.24. The summed E-state index contributed by atoms with van der Waals surface area (Å²) in [6.07, 6.45) is 5.75. The van der Waals surface area contributed by atoms with Crippen molar-refractivity contribution in [1.82, 2.24) is 25.0 Å². The minimum atomic E-state index is -0.105. The molecule has 0 fully saturated rings. The van der Waals surface area contributed by atoms with Crippen molar-refractivity contribution in [2.75, 3.05) is 11.9 Å². The van der Waals surface area contributed by atoms with E-state index in [9.17, 15) is 4.79 Å². The molecule has 0 aliphatic carbocycles. The van der Waals surface area contributed by atoms with Gasteiger partial charge in [0.2, 0.25) is 0 Å². The SMILES string of the molecule is CCCn1ncc(NCCCc2ncn[nH]2)c(Br)c1=O. The van der Waals surface area contributed by atoms with Gasteiger partial charge in [-0.1, -0.05) is 6.92 Å². The highest BCUT2D eigenvalue weighted by Gasteiger charge is 2.07. The van der Waals surface area contributed by atoms with Crippen LogP contribution in [0.1, 0.15) is 25.6 Å². The molecule has 8 heteroatoms. The number of H-pyrrole nitrogens is 1. The Labute approximate surface area is 124 Å². The van der Waals surface area contributed by atoms with Crippen molar-refractivity contribution >= 4 is 21.6 Å². The van der Waals surface area contributed by atoms with E-state index in [1.54, 1.807) is 6.20 Å². The smallest absolute Gasteiger partial charge is 0.283 e. The lowest BCUT2D eigenvalue weighted by Crippen LogP contribution is -2.24. The van der Waals surface area contributed by atoms with E-state index in [0.717, 1.165) is 37.3 Å². The highest BCUT2D eigenvalue weighted by Crippen LogP contribution is 2.16. The summed E-state index contributed by atoms with van der Waals surface area (Å²) in [5, 5.41) is 13.9. The van der Waals surface area contributed by atoms with Gasteiger partial charge in [0.25, 0.3) is 5.56 Å². The second kappa shape index (κ2) is 7.18. The zero-order valence-corrected chi connectivity index (χ0v) is 12.9. The van der Waals surface area contributed by atoms with Crippen LogP contribution in [0.25, 0.3) is 0 Å². The van der Waals surface area contributed by atoms with Crippen LogP contribution in [0, 0.1) is 0 Å². The third-order valence-electron chi connectivity index (χ3n) is 2.79. The lowest BCUT2D eigenvalue weighted by molar-refractivity contribution is 0.566. The van der Waals surface area contributed by atoms with Crippen LogP contribution < -0.4 is 10.9 Å². The number of aryl methyl sites for hydroxylation is 2. The monoisotopic (exact) mass is 340 g/mol. The predicted octanol–water partition coefficient (Wildman–Crippen LogP) is 1.58. The van der Waals surface area contributed by atoms with E-state index in [0.29, 0.717) is 11.0 Å². The maximum atomic E-state index is 12.0. The van der Waals surface area contributed by atoms with Crippen molar-refractivity contribution in [3.05, 3.63) is 33.2 Å². The van der Waals surface area contributed by atoms with Crippen molar-refractivity contribution in [1.29, 1.82) is 0 Å². The van der Waals surface area contributed by atoms with Crippen LogP contribution in [0.4, 0.5) is 5.69 Å². The molecular formula is C12H17BrN6O. The van der Waals surface area contributed by atoms with Gasteiger partial charge in [-0.2, -0.15) is 10.2 Å². The van der Waals surface area contributed by atoms with Gasteiger partial charge in [-0.05, 0) is 28.8 Å². The normalized spacial score (nSPS) is 10.7. The largest absolute Gasteiger partial charge is 0.383 e. The van der Waals surface area contributed by atoms with E-state index in [4.69, 9.17) is 0 Å². The van der Waals surface area contributed by atoms with Gasteiger partial charge in [0, 0.05) is 19.5 Å². The van der Waals surface area contributed by atoms with E-state index in [2.05, 4.69) is 41.5 Å². The van der Waals surface area contributed by atoms with Crippen LogP contribution in [0.15, 0.2) is 21.8 Å². The lowest BCUT2D eigenvalue weighted by atomic mass is 10.3. The van der Waals surface area contributed by atoms with Crippen molar-refractivity contribution in [2.24, 2.45) is 0 Å². The van der Waals surface area contributed by atoms with Crippen molar-refractivity contribution in [2.45, 2.75) is 32.7 Å². The van der Waals surface area contributed by atoms with E-state index in [1.807, 2.05) is 6.92 Å². The predicted molar refractivity (Wildman–Crippen MR) is 79.7 cm³/mol. The molecule has 2 heterocycles. The Bertz CT molecular complexity index is 594. The number of rotatable bonds is 7. The third kappa shape index (κ3) is 3.66. The Morgan fingerprint density at radius 1 is 1.50 bits per heavy atom. The number of aromatic amines is 1. The van der Waals surface area contributed by atoms with Gasteiger partial charge >= 0.3 is 0 Å². The van der Waals surface area contributed by atoms with Gasteiger partial charge < -0.3 is 5.32 Å². The second-order valence-electron chi connectivity index (χ2n) is 4.36. The maximum absolute atomic E-state index is 12.0. The fraction of sp³-hybridized carbons (Fsp3) is 0.500. The molecule has 2 rings (SSSR count). The zero-order valence-electron chi connectivity index (χ0n) is 11.3. The first-order chi connectivity index (χ1) is 9.72. The number of nitrogens with one attached hydrogen (secondary N) is 2. The molecule has 0 saturated heterocycles. The van der Waals surface area contributed by atoms with E-state index < -0.39 is 0 Å². The molecule has 0 saturated carbocycles. The molecule has 0 atom stereocenters. The Balaban J connectivity index is 1.89. The minimum Gasteiger partial charge on any atom is -0.383 e. The van der Waals surface area contributed by atoms with E-state index >= 15 is 0 Å². The van der Waals surface area contributed by atoms with Crippen molar-refractivity contribution in [3.8, 4) is 0 Å². The number of aromatic nitrogens is 5. The highest BCUT2D eigenvalue weighted by molar-refractivity contribution is 9.10. The van der Waals surface area contributed by atoms with Crippen LogP contribution >= 0.6 is 15.9 Å². The van der Waals surface area contributed by atoms with Gasteiger partial charge in [0.1, 0.15) is 16.6 Å². The quantitative estimate of drug-likeness (QED) is 0.747. The molecule has 0 amide bonds. The molecule has 20 heavy (non-hydrogen) atoms. The number of halogens is 1. The van der Waals surface area contributed by atoms with Crippen molar-refractivity contribution in [3.63, 3.8) is 0 Å². The Hall–Kier alpha value is -1.70. The van der Waals surface area contributed by atoms with Crippen LogP contribution in [0.3, 0.4) is 0 Å². The summed E-state index contributed by atoms with van der Waals surface area (Å²) in [6, 6.07) is 0. The Kier molecular flexibility index (Phi) is 5.28. The molecule has 0 unspecified atom stereocenters. The number of anilines is 1. The van der Waals surface area contributed by atoms with Gasteiger partial charge in [-0.3, -0.25) is 9.89 Å². The molecule has 2 aromatic heterocycles. The molecule has 0 bridgehead atoms. The zero-order chi connectivity index (χ0) is 14.4. The third-order valence-corrected chi connectivity index (χ3v) is 3.56. The molecular weight excluding hydrogens is 324 g/mol.